The molecule has 0 saturated heterocycles. The summed E-state index contributed by atoms with van der Waals surface area (Å²) in [5.41, 5.74) is 2.89. The zero-order valence-electron chi connectivity index (χ0n) is 19.1. The van der Waals surface area contributed by atoms with Gasteiger partial charge in [0.25, 0.3) is 5.82 Å². The molecule has 3 heteroatoms. The van der Waals surface area contributed by atoms with Crippen molar-refractivity contribution in [3.63, 3.8) is 0 Å². The summed E-state index contributed by atoms with van der Waals surface area (Å²) < 4.78 is 4.76. The number of rotatable bonds is 6. The van der Waals surface area contributed by atoms with Crippen molar-refractivity contribution in [1.29, 1.82) is 5.26 Å². The second-order valence-corrected chi connectivity index (χ2v) is 9.18. The molecular weight excluding hydrogens is 402 g/mol. The lowest BCUT2D eigenvalue weighted by atomic mass is 9.66. The van der Waals surface area contributed by atoms with Crippen LogP contribution in [0.4, 0.5) is 0 Å². The number of nitriles is 1. The van der Waals surface area contributed by atoms with Crippen LogP contribution in [0, 0.1) is 24.2 Å². The van der Waals surface area contributed by atoms with Gasteiger partial charge < -0.3 is 0 Å². The molecular formula is C30H30N3+. The molecule has 1 heterocycles. The predicted molar refractivity (Wildman–Crippen MR) is 131 cm³/mol. The van der Waals surface area contributed by atoms with Crippen LogP contribution in [-0.4, -0.2) is 4.57 Å². The van der Waals surface area contributed by atoms with Crippen LogP contribution in [0.3, 0.4) is 0 Å². The Labute approximate surface area is 196 Å². The lowest BCUT2D eigenvalue weighted by molar-refractivity contribution is -0.694. The van der Waals surface area contributed by atoms with Crippen molar-refractivity contribution < 1.29 is 4.57 Å². The van der Waals surface area contributed by atoms with Gasteiger partial charge in [0.05, 0.1) is 6.07 Å². The third-order valence-electron chi connectivity index (χ3n) is 7.44. The summed E-state index contributed by atoms with van der Waals surface area (Å²) in [7, 11) is 0. The summed E-state index contributed by atoms with van der Waals surface area (Å²) in [6, 6.07) is 34.6. The summed E-state index contributed by atoms with van der Waals surface area (Å²) in [4.78, 5) is 0. The zero-order valence-corrected chi connectivity index (χ0v) is 19.1. The molecule has 0 amide bonds. The van der Waals surface area contributed by atoms with E-state index < -0.39 is 5.41 Å². The number of hydrogen-bond donors (Lipinski definition) is 0. The lowest BCUT2D eigenvalue weighted by Crippen LogP contribution is -2.36. The molecule has 1 saturated carbocycles. The molecule has 0 radical (unpaired) electrons. The van der Waals surface area contributed by atoms with Gasteiger partial charge in [0.2, 0.25) is 0 Å². The van der Waals surface area contributed by atoms with Gasteiger partial charge in [-0.25, -0.2) is 9.13 Å². The molecule has 3 aromatic carbocycles. The quantitative estimate of drug-likeness (QED) is 0.345. The molecule has 0 unspecified atom stereocenters. The Morgan fingerprint density at radius 1 is 0.879 bits per heavy atom. The monoisotopic (exact) mass is 432 g/mol. The minimum absolute atomic E-state index is 0.265. The SMILES string of the molecule is Cc1n([C@H]2CC[C@H](C(C#N)(c3ccccc3)c3ccccc3)C2)cc[n+]1Cc1ccccc1. The molecule has 0 N–H and O–H groups in total. The van der Waals surface area contributed by atoms with Gasteiger partial charge in [-0.15, -0.1) is 0 Å². The van der Waals surface area contributed by atoms with E-state index in [1.54, 1.807) is 0 Å². The highest BCUT2D eigenvalue weighted by Crippen LogP contribution is 2.49. The molecule has 4 aromatic rings. The fourth-order valence-corrected chi connectivity index (χ4v) is 5.71. The molecule has 33 heavy (non-hydrogen) atoms. The Morgan fingerprint density at radius 2 is 1.45 bits per heavy atom. The number of nitrogens with zero attached hydrogens (tertiary/aromatic N) is 3. The topological polar surface area (TPSA) is 32.6 Å². The van der Waals surface area contributed by atoms with Crippen LogP contribution in [0.5, 0.6) is 0 Å². The van der Waals surface area contributed by atoms with Crippen LogP contribution < -0.4 is 4.57 Å². The van der Waals surface area contributed by atoms with Gasteiger partial charge in [0, 0.05) is 6.92 Å². The van der Waals surface area contributed by atoms with Gasteiger partial charge in [0.15, 0.2) is 0 Å². The van der Waals surface area contributed by atoms with Gasteiger partial charge in [-0.1, -0.05) is 91.0 Å². The number of aromatic nitrogens is 2. The second-order valence-electron chi connectivity index (χ2n) is 9.18. The number of hydrogen-bond acceptors (Lipinski definition) is 1. The first-order chi connectivity index (χ1) is 16.2. The third-order valence-corrected chi connectivity index (χ3v) is 7.44. The third kappa shape index (κ3) is 3.87. The van der Waals surface area contributed by atoms with Crippen LogP contribution in [0.1, 0.15) is 47.8 Å². The first-order valence-corrected chi connectivity index (χ1v) is 11.9. The first kappa shape index (κ1) is 21.2. The molecule has 0 aliphatic heterocycles. The zero-order chi connectivity index (χ0) is 22.7. The van der Waals surface area contributed by atoms with E-state index >= 15 is 0 Å². The molecule has 5 rings (SSSR count). The van der Waals surface area contributed by atoms with Gasteiger partial charge in [-0.3, -0.25) is 0 Å². The van der Waals surface area contributed by atoms with Crippen LogP contribution in [-0.2, 0) is 12.0 Å². The van der Waals surface area contributed by atoms with E-state index in [4.69, 9.17) is 0 Å². The lowest BCUT2D eigenvalue weighted by Gasteiger charge is -2.34. The van der Waals surface area contributed by atoms with Gasteiger partial charge in [0.1, 0.15) is 30.4 Å². The minimum atomic E-state index is -0.627. The summed E-state index contributed by atoms with van der Waals surface area (Å²) in [6.45, 7) is 3.09. The number of benzene rings is 3. The van der Waals surface area contributed by atoms with Crippen molar-refractivity contribution in [3.8, 4) is 6.07 Å². The second kappa shape index (κ2) is 9.08. The van der Waals surface area contributed by atoms with E-state index in [2.05, 4.69) is 113 Å². The van der Waals surface area contributed by atoms with E-state index in [0.29, 0.717) is 6.04 Å². The van der Waals surface area contributed by atoms with E-state index in [-0.39, 0.29) is 5.92 Å². The predicted octanol–water partition coefficient (Wildman–Crippen LogP) is 5.98. The summed E-state index contributed by atoms with van der Waals surface area (Å²) in [5.74, 6) is 1.54. The van der Waals surface area contributed by atoms with E-state index in [0.717, 1.165) is 36.9 Å². The fourth-order valence-electron chi connectivity index (χ4n) is 5.71. The Balaban J connectivity index is 1.45. The Hall–Kier alpha value is -3.64. The highest BCUT2D eigenvalue weighted by Gasteiger charge is 2.47. The Bertz CT molecular complexity index is 1200. The molecule has 1 aliphatic carbocycles. The first-order valence-electron chi connectivity index (χ1n) is 11.9. The van der Waals surface area contributed by atoms with Crippen molar-refractivity contribution in [3.05, 3.63) is 126 Å². The molecule has 2 atom stereocenters. The summed E-state index contributed by atoms with van der Waals surface area (Å²) in [6.07, 6.45) is 7.55. The van der Waals surface area contributed by atoms with Crippen molar-refractivity contribution in [1.82, 2.24) is 4.57 Å². The van der Waals surface area contributed by atoms with E-state index in [9.17, 15) is 5.26 Å². The molecule has 0 spiro atoms. The van der Waals surface area contributed by atoms with Crippen molar-refractivity contribution >= 4 is 0 Å². The molecule has 0 bridgehead atoms. The van der Waals surface area contributed by atoms with Gasteiger partial charge in [-0.05, 0) is 41.9 Å². The van der Waals surface area contributed by atoms with Crippen LogP contribution in [0.25, 0.3) is 0 Å². The number of imidazole rings is 1. The smallest absolute Gasteiger partial charge is 0.232 e. The van der Waals surface area contributed by atoms with E-state index in [1.807, 2.05) is 12.1 Å². The van der Waals surface area contributed by atoms with Crippen LogP contribution >= 0.6 is 0 Å². The van der Waals surface area contributed by atoms with Crippen molar-refractivity contribution in [2.75, 3.05) is 0 Å². The van der Waals surface area contributed by atoms with Gasteiger partial charge in [-0.2, -0.15) is 5.26 Å². The normalized spacial score (nSPS) is 18.2. The molecule has 1 aromatic heterocycles. The van der Waals surface area contributed by atoms with Crippen LogP contribution in [0.15, 0.2) is 103 Å². The average Bonchev–Trinajstić information content (AvgIpc) is 3.50. The largest absolute Gasteiger partial charge is 0.253 e. The maximum atomic E-state index is 10.7. The minimum Gasteiger partial charge on any atom is -0.232 e. The standard InChI is InChI=1S/C30H30N3/c1-24-32(22-25-11-5-2-6-12-25)19-20-33(24)29-18-17-28(21-29)30(23-31,26-13-7-3-8-14-26)27-15-9-4-10-16-27/h2-16,19-20,28-29H,17-18,21-22H2,1H3/q+1/t28-,29-/m0/s1. The molecule has 3 nitrogen and oxygen atoms in total. The molecule has 164 valence electrons. The fraction of sp³-hybridized carbons (Fsp3) is 0.267. The van der Waals surface area contributed by atoms with E-state index in [1.165, 1.54) is 11.4 Å². The van der Waals surface area contributed by atoms with Crippen molar-refractivity contribution in [2.24, 2.45) is 5.92 Å². The molecule has 1 fully saturated rings. The van der Waals surface area contributed by atoms with Gasteiger partial charge >= 0.3 is 0 Å². The molecule has 1 aliphatic rings. The Morgan fingerprint density at radius 3 is 2.03 bits per heavy atom. The average molecular weight is 433 g/mol. The highest BCUT2D eigenvalue weighted by molar-refractivity contribution is 5.47. The maximum Gasteiger partial charge on any atom is 0.253 e. The van der Waals surface area contributed by atoms with Crippen LogP contribution in [0.2, 0.25) is 0 Å². The van der Waals surface area contributed by atoms with Crippen molar-refractivity contribution in [2.45, 2.75) is 44.2 Å². The summed E-state index contributed by atoms with van der Waals surface area (Å²) in [5, 5.41) is 10.7. The Kier molecular flexibility index (Phi) is 5.84. The highest BCUT2D eigenvalue weighted by atomic mass is 15.2. The summed E-state index contributed by atoms with van der Waals surface area (Å²) >= 11 is 0. The maximum absolute atomic E-state index is 10.7.